The summed E-state index contributed by atoms with van der Waals surface area (Å²) in [5, 5.41) is 0. The summed E-state index contributed by atoms with van der Waals surface area (Å²) in [5.74, 6) is -1.18. The van der Waals surface area contributed by atoms with E-state index in [4.69, 9.17) is 4.74 Å². The summed E-state index contributed by atoms with van der Waals surface area (Å²) in [6, 6.07) is 9.46. The van der Waals surface area contributed by atoms with Crippen LogP contribution in [0.3, 0.4) is 0 Å². The van der Waals surface area contributed by atoms with E-state index in [0.29, 0.717) is 5.56 Å². The molecule has 17 heavy (non-hydrogen) atoms. The fraction of sp³-hybridized carbons (Fsp3) is 0.417. The van der Waals surface area contributed by atoms with Gasteiger partial charge >= 0.3 is 12.1 Å². The summed E-state index contributed by atoms with van der Waals surface area (Å²) >= 11 is 0. The molecule has 0 spiro atoms. The molecule has 0 atom stereocenters. The van der Waals surface area contributed by atoms with Gasteiger partial charge in [0.1, 0.15) is 6.61 Å². The highest BCUT2D eigenvalue weighted by Crippen LogP contribution is 2.58. The van der Waals surface area contributed by atoms with E-state index in [1.54, 1.807) is 24.3 Å². The summed E-state index contributed by atoms with van der Waals surface area (Å²) in [6.07, 6.45) is -4.85. The van der Waals surface area contributed by atoms with Crippen LogP contribution in [0.15, 0.2) is 24.3 Å². The van der Waals surface area contributed by atoms with Gasteiger partial charge in [-0.1, -0.05) is 24.3 Å². The first-order chi connectivity index (χ1) is 7.96. The predicted octanol–water partition coefficient (Wildman–Crippen LogP) is 2.87. The molecule has 91 valence electrons. The number of benzene rings is 1. The van der Waals surface area contributed by atoms with Crippen molar-refractivity contribution in [3.8, 4) is 0 Å². The molecular weight excluding hydrogens is 233 g/mol. The summed E-state index contributed by atoms with van der Waals surface area (Å²) < 4.78 is 42.4. The Kier molecular flexibility index (Phi) is 2.85. The van der Waals surface area contributed by atoms with Crippen LogP contribution in [0.5, 0.6) is 0 Å². The van der Waals surface area contributed by atoms with Crippen LogP contribution in [0.2, 0.25) is 0 Å². The third-order valence-corrected chi connectivity index (χ3v) is 2.82. The molecule has 0 aromatic heterocycles. The molecule has 1 aliphatic rings. The molecule has 0 amide bonds. The largest absolute Gasteiger partial charge is 0.460 e. The molecule has 1 saturated carbocycles. The number of alkyl halides is 3. The SMILES string of the molecule is O=C(OCc1[c]cccc1)C1(C(F)(F)F)CC1. The van der Waals surface area contributed by atoms with Crippen molar-refractivity contribution in [2.75, 3.05) is 0 Å². The minimum absolute atomic E-state index is 0.169. The lowest BCUT2D eigenvalue weighted by molar-refractivity contribution is -0.207. The van der Waals surface area contributed by atoms with Crippen molar-refractivity contribution in [1.29, 1.82) is 0 Å². The normalized spacial score (nSPS) is 17.6. The number of ether oxygens (including phenoxy) is 1. The third kappa shape index (κ3) is 2.28. The number of halogens is 3. The van der Waals surface area contributed by atoms with Gasteiger partial charge in [0.05, 0.1) is 0 Å². The monoisotopic (exact) mass is 243 g/mol. The van der Waals surface area contributed by atoms with Gasteiger partial charge in [0.15, 0.2) is 5.41 Å². The lowest BCUT2D eigenvalue weighted by atomic mass is 10.1. The minimum Gasteiger partial charge on any atom is -0.460 e. The fourth-order valence-electron chi connectivity index (χ4n) is 1.53. The Labute approximate surface area is 96.4 Å². The van der Waals surface area contributed by atoms with E-state index in [2.05, 4.69) is 6.07 Å². The topological polar surface area (TPSA) is 26.3 Å². The van der Waals surface area contributed by atoms with Gasteiger partial charge < -0.3 is 4.74 Å². The van der Waals surface area contributed by atoms with E-state index in [1.807, 2.05) is 0 Å². The van der Waals surface area contributed by atoms with Crippen molar-refractivity contribution in [1.82, 2.24) is 0 Å². The minimum atomic E-state index is -4.51. The van der Waals surface area contributed by atoms with Crippen molar-refractivity contribution in [3.63, 3.8) is 0 Å². The standard InChI is InChI=1S/C12H10F3O2/c13-12(14,15)11(6-7-11)10(16)17-8-9-4-2-1-3-5-9/h1-4H,6-8H2. The lowest BCUT2D eigenvalue weighted by Crippen LogP contribution is -2.34. The Morgan fingerprint density at radius 2 is 2.12 bits per heavy atom. The van der Waals surface area contributed by atoms with Gasteiger partial charge in [-0.2, -0.15) is 13.2 Å². The maximum absolute atomic E-state index is 12.6. The Hall–Kier alpha value is -1.52. The molecular formula is C12H10F3O2. The molecule has 1 aromatic rings. The van der Waals surface area contributed by atoms with Crippen molar-refractivity contribution in [2.24, 2.45) is 5.41 Å². The maximum atomic E-state index is 12.6. The van der Waals surface area contributed by atoms with Gasteiger partial charge in [0.2, 0.25) is 0 Å². The van der Waals surface area contributed by atoms with Crippen LogP contribution in [0.25, 0.3) is 0 Å². The molecule has 0 aliphatic heterocycles. The zero-order valence-corrected chi connectivity index (χ0v) is 8.88. The maximum Gasteiger partial charge on any atom is 0.404 e. The van der Waals surface area contributed by atoms with E-state index in [0.717, 1.165) is 0 Å². The van der Waals surface area contributed by atoms with Crippen LogP contribution in [-0.4, -0.2) is 12.1 Å². The van der Waals surface area contributed by atoms with E-state index in [1.165, 1.54) is 0 Å². The van der Waals surface area contributed by atoms with Crippen molar-refractivity contribution < 1.29 is 22.7 Å². The Morgan fingerprint density at radius 3 is 2.59 bits per heavy atom. The van der Waals surface area contributed by atoms with Crippen LogP contribution in [0.4, 0.5) is 13.2 Å². The number of carbonyl (C=O) groups is 1. The average molecular weight is 243 g/mol. The molecule has 1 aromatic carbocycles. The smallest absolute Gasteiger partial charge is 0.404 e. The molecule has 0 unspecified atom stereocenters. The van der Waals surface area contributed by atoms with Crippen LogP contribution in [0.1, 0.15) is 18.4 Å². The molecule has 5 heteroatoms. The average Bonchev–Trinajstić information content (AvgIpc) is 3.07. The highest BCUT2D eigenvalue weighted by molar-refractivity contribution is 5.80. The van der Waals surface area contributed by atoms with Crippen LogP contribution >= 0.6 is 0 Å². The molecule has 2 rings (SSSR count). The first-order valence-corrected chi connectivity index (χ1v) is 5.15. The summed E-state index contributed by atoms with van der Waals surface area (Å²) in [4.78, 5) is 11.4. The third-order valence-electron chi connectivity index (χ3n) is 2.82. The first kappa shape index (κ1) is 12.0. The predicted molar refractivity (Wildman–Crippen MR) is 52.8 cm³/mol. The second kappa shape index (κ2) is 4.05. The summed E-state index contributed by atoms with van der Waals surface area (Å²) in [6.45, 7) is -0.169. The van der Waals surface area contributed by atoms with Gasteiger partial charge in [0, 0.05) is 0 Å². The van der Waals surface area contributed by atoms with E-state index in [-0.39, 0.29) is 19.4 Å². The number of carbonyl (C=O) groups excluding carboxylic acids is 1. The number of esters is 1. The molecule has 0 saturated heterocycles. The van der Waals surface area contributed by atoms with Crippen molar-refractivity contribution in [2.45, 2.75) is 25.6 Å². The second-order valence-electron chi connectivity index (χ2n) is 4.04. The Balaban J connectivity index is 1.95. The lowest BCUT2D eigenvalue weighted by Gasteiger charge is -2.17. The van der Waals surface area contributed by atoms with Crippen molar-refractivity contribution >= 4 is 5.97 Å². The van der Waals surface area contributed by atoms with E-state index in [9.17, 15) is 18.0 Å². The molecule has 0 bridgehead atoms. The molecule has 0 N–H and O–H groups in total. The van der Waals surface area contributed by atoms with E-state index >= 15 is 0 Å². The highest BCUT2D eigenvalue weighted by Gasteiger charge is 2.69. The van der Waals surface area contributed by atoms with Crippen LogP contribution < -0.4 is 0 Å². The zero-order valence-electron chi connectivity index (χ0n) is 8.88. The first-order valence-electron chi connectivity index (χ1n) is 5.15. The number of rotatable bonds is 3. The summed E-state index contributed by atoms with van der Waals surface area (Å²) in [5.41, 5.74) is -1.69. The second-order valence-corrected chi connectivity index (χ2v) is 4.04. The molecule has 0 heterocycles. The quantitative estimate of drug-likeness (QED) is 0.763. The molecule has 2 nitrogen and oxygen atoms in total. The van der Waals surface area contributed by atoms with Crippen LogP contribution in [-0.2, 0) is 16.1 Å². The highest BCUT2D eigenvalue weighted by atomic mass is 19.4. The number of hydrogen-bond acceptors (Lipinski definition) is 2. The molecule has 1 fully saturated rings. The summed E-state index contributed by atoms with van der Waals surface area (Å²) in [7, 11) is 0. The fourth-order valence-corrected chi connectivity index (χ4v) is 1.53. The Bertz CT molecular complexity index is 408. The van der Waals surface area contributed by atoms with Gasteiger partial charge in [-0.25, -0.2) is 0 Å². The molecule has 1 radical (unpaired) electrons. The van der Waals surface area contributed by atoms with Gasteiger partial charge in [-0.15, -0.1) is 0 Å². The Morgan fingerprint density at radius 1 is 1.41 bits per heavy atom. The van der Waals surface area contributed by atoms with Gasteiger partial charge in [-0.3, -0.25) is 4.79 Å². The van der Waals surface area contributed by atoms with Crippen LogP contribution in [0, 0.1) is 11.5 Å². The van der Waals surface area contributed by atoms with Gasteiger partial charge in [0.25, 0.3) is 0 Å². The molecule has 1 aliphatic carbocycles. The zero-order chi connectivity index (χ0) is 12.5. The van der Waals surface area contributed by atoms with Crippen molar-refractivity contribution in [3.05, 3.63) is 35.9 Å². The number of hydrogen-bond donors (Lipinski definition) is 0. The van der Waals surface area contributed by atoms with Gasteiger partial charge in [-0.05, 0) is 24.5 Å². The van der Waals surface area contributed by atoms with E-state index < -0.39 is 17.6 Å².